The maximum Gasteiger partial charge on any atom is 0.157 e. The van der Waals surface area contributed by atoms with Gasteiger partial charge in [-0.25, -0.2) is 18.4 Å². The minimum atomic E-state index is -3.29. The molecule has 3 aromatic rings. The first-order valence-corrected chi connectivity index (χ1v) is 9.89. The summed E-state index contributed by atoms with van der Waals surface area (Å²) in [6.07, 6.45) is 0. The summed E-state index contributed by atoms with van der Waals surface area (Å²) in [7, 11) is -3.29. The molecule has 0 bridgehead atoms. The van der Waals surface area contributed by atoms with Gasteiger partial charge in [0.15, 0.2) is 15.7 Å². The number of nitrogens with two attached hydrogens (primary N) is 1. The molecule has 134 valence electrons. The fraction of sp³-hybridized carbons (Fsp3) is 0.412. The van der Waals surface area contributed by atoms with E-state index in [0.717, 1.165) is 5.39 Å². The lowest BCUT2D eigenvalue weighted by molar-refractivity contribution is 0.0620. The van der Waals surface area contributed by atoms with Crippen molar-refractivity contribution in [3.63, 3.8) is 0 Å². The molecule has 0 aliphatic carbocycles. The van der Waals surface area contributed by atoms with Gasteiger partial charge in [0.2, 0.25) is 0 Å². The van der Waals surface area contributed by atoms with Crippen LogP contribution in [0.4, 0.5) is 5.82 Å². The van der Waals surface area contributed by atoms with Gasteiger partial charge in [-0.2, -0.15) is 0 Å². The highest BCUT2D eigenvalue weighted by Gasteiger charge is 2.24. The minimum absolute atomic E-state index is 0.0210. The molecule has 0 aliphatic heterocycles. The fourth-order valence-corrected chi connectivity index (χ4v) is 3.69. The van der Waals surface area contributed by atoms with E-state index in [1.54, 1.807) is 25.3 Å². The highest BCUT2D eigenvalue weighted by atomic mass is 32.2. The van der Waals surface area contributed by atoms with E-state index in [1.807, 2.05) is 24.3 Å². The second-order valence-corrected chi connectivity index (χ2v) is 9.17. The van der Waals surface area contributed by atoms with Crippen LogP contribution in [0.3, 0.4) is 0 Å². The predicted octanol–water partition coefficient (Wildman–Crippen LogP) is 1.87. The van der Waals surface area contributed by atoms with E-state index < -0.39 is 15.4 Å². The average molecular weight is 362 g/mol. The van der Waals surface area contributed by atoms with Crippen molar-refractivity contribution < 1.29 is 13.5 Å². The lowest BCUT2D eigenvalue weighted by atomic mass is 10.1. The average Bonchev–Trinajstić information content (AvgIpc) is 2.84. The highest BCUT2D eigenvalue weighted by Crippen LogP contribution is 2.30. The number of imidazole rings is 1. The zero-order chi connectivity index (χ0) is 18.4. The van der Waals surface area contributed by atoms with E-state index in [9.17, 15) is 13.5 Å². The van der Waals surface area contributed by atoms with Gasteiger partial charge in [-0.15, -0.1) is 0 Å². The quantitative estimate of drug-likeness (QED) is 0.717. The van der Waals surface area contributed by atoms with Crippen LogP contribution in [-0.2, 0) is 22.1 Å². The van der Waals surface area contributed by atoms with Gasteiger partial charge < -0.3 is 15.4 Å². The highest BCUT2D eigenvalue weighted by molar-refractivity contribution is 7.90. The van der Waals surface area contributed by atoms with Crippen molar-refractivity contribution in [1.82, 2.24) is 14.5 Å². The second kappa shape index (κ2) is 5.96. The third-order valence-electron chi connectivity index (χ3n) is 4.02. The van der Waals surface area contributed by atoms with E-state index in [1.165, 1.54) is 0 Å². The first kappa shape index (κ1) is 17.6. The maximum atomic E-state index is 12.1. The van der Waals surface area contributed by atoms with E-state index in [4.69, 9.17) is 5.73 Å². The summed E-state index contributed by atoms with van der Waals surface area (Å²) in [5.74, 6) is 0.428. The van der Waals surface area contributed by atoms with E-state index in [0.29, 0.717) is 22.4 Å². The summed E-state index contributed by atoms with van der Waals surface area (Å²) >= 11 is 0. The molecule has 7 nitrogen and oxygen atoms in total. The Morgan fingerprint density at radius 1 is 1.24 bits per heavy atom. The third kappa shape index (κ3) is 3.45. The van der Waals surface area contributed by atoms with Crippen LogP contribution in [0.15, 0.2) is 24.3 Å². The van der Waals surface area contributed by atoms with E-state index in [2.05, 4.69) is 9.97 Å². The van der Waals surface area contributed by atoms with Crippen LogP contribution in [0.2, 0.25) is 0 Å². The zero-order valence-electron chi connectivity index (χ0n) is 14.5. The number of nitrogen functional groups attached to an aromatic ring is 1. The van der Waals surface area contributed by atoms with Crippen LogP contribution in [0.1, 0.15) is 26.6 Å². The Hall–Kier alpha value is -2.19. The smallest absolute Gasteiger partial charge is 0.157 e. The molecule has 8 heteroatoms. The standard InChI is InChI=1S/C17H22N4O3S/c1-4-25(23,24)9-13-20-14-15(21(13)10-17(2,3)22)11-7-5-6-8-12(11)19-16(14)18/h5-8,22H,4,9-10H2,1-3H3,(H2,18,19). The molecule has 0 atom stereocenters. The number of rotatable bonds is 5. The zero-order valence-corrected chi connectivity index (χ0v) is 15.3. The van der Waals surface area contributed by atoms with Gasteiger partial charge in [-0.1, -0.05) is 25.1 Å². The van der Waals surface area contributed by atoms with E-state index >= 15 is 0 Å². The Bertz CT molecular complexity index is 1050. The van der Waals surface area contributed by atoms with Gasteiger partial charge in [0.05, 0.1) is 23.2 Å². The molecule has 0 radical (unpaired) electrons. The molecule has 1 aromatic carbocycles. The van der Waals surface area contributed by atoms with Crippen LogP contribution in [-0.4, -0.2) is 39.4 Å². The molecule has 2 heterocycles. The molecule has 2 aromatic heterocycles. The second-order valence-electron chi connectivity index (χ2n) is 6.81. The van der Waals surface area contributed by atoms with Crippen molar-refractivity contribution in [2.45, 2.75) is 38.7 Å². The number of aliphatic hydroxyl groups is 1. The molecule has 0 saturated carbocycles. The first-order valence-electron chi connectivity index (χ1n) is 8.07. The van der Waals surface area contributed by atoms with Crippen molar-refractivity contribution in [2.24, 2.45) is 0 Å². The summed E-state index contributed by atoms with van der Waals surface area (Å²) in [6.45, 7) is 5.14. The molecule has 25 heavy (non-hydrogen) atoms. The fourth-order valence-electron chi connectivity index (χ4n) is 2.87. The molecule has 3 N–H and O–H groups in total. The lowest BCUT2D eigenvalue weighted by Crippen LogP contribution is -2.27. The summed E-state index contributed by atoms with van der Waals surface area (Å²) < 4.78 is 26.1. The third-order valence-corrected chi connectivity index (χ3v) is 5.60. The first-order chi connectivity index (χ1) is 11.6. The van der Waals surface area contributed by atoms with Crippen molar-refractivity contribution in [1.29, 1.82) is 0 Å². The van der Waals surface area contributed by atoms with Crippen LogP contribution < -0.4 is 5.73 Å². The number of hydrogen-bond donors (Lipinski definition) is 2. The van der Waals surface area contributed by atoms with Gasteiger partial charge >= 0.3 is 0 Å². The van der Waals surface area contributed by atoms with Gasteiger partial charge in [-0.3, -0.25) is 0 Å². The molecular weight excluding hydrogens is 340 g/mol. The van der Waals surface area contributed by atoms with Crippen molar-refractivity contribution in [3.8, 4) is 0 Å². The molecule has 0 spiro atoms. The number of benzene rings is 1. The van der Waals surface area contributed by atoms with Crippen LogP contribution >= 0.6 is 0 Å². The number of sulfone groups is 1. The SMILES string of the molecule is CCS(=O)(=O)Cc1nc2c(N)nc3ccccc3c2n1CC(C)(C)O. The van der Waals surface area contributed by atoms with Gasteiger partial charge in [-0.05, 0) is 19.9 Å². The Labute approximate surface area is 146 Å². The van der Waals surface area contributed by atoms with Crippen LogP contribution in [0.25, 0.3) is 21.9 Å². The van der Waals surface area contributed by atoms with Crippen LogP contribution in [0.5, 0.6) is 0 Å². The normalized spacial score (nSPS) is 13.0. The Balaban J connectivity index is 2.38. The van der Waals surface area contributed by atoms with E-state index in [-0.39, 0.29) is 23.9 Å². The number of aromatic nitrogens is 3. The van der Waals surface area contributed by atoms with Crippen molar-refractivity contribution >= 4 is 37.6 Å². The predicted molar refractivity (Wildman–Crippen MR) is 98.9 cm³/mol. The molecular formula is C17H22N4O3S. The molecule has 3 rings (SSSR count). The van der Waals surface area contributed by atoms with Gasteiger partial charge in [0, 0.05) is 11.1 Å². The monoisotopic (exact) mass is 362 g/mol. The number of fused-ring (bicyclic) bond motifs is 3. The van der Waals surface area contributed by atoms with Gasteiger partial charge in [0.25, 0.3) is 0 Å². The molecule has 0 aliphatic rings. The summed E-state index contributed by atoms with van der Waals surface area (Å²) in [5, 5.41) is 11.1. The Morgan fingerprint density at radius 3 is 2.56 bits per heavy atom. The van der Waals surface area contributed by atoms with Crippen LogP contribution in [0, 0.1) is 0 Å². The molecule has 0 fully saturated rings. The minimum Gasteiger partial charge on any atom is -0.389 e. The summed E-state index contributed by atoms with van der Waals surface area (Å²) in [6, 6.07) is 7.48. The molecule has 0 unspecified atom stereocenters. The summed E-state index contributed by atoms with van der Waals surface area (Å²) in [4.78, 5) is 8.83. The summed E-state index contributed by atoms with van der Waals surface area (Å²) in [5.41, 5.74) is 6.89. The number of para-hydroxylation sites is 1. The van der Waals surface area contributed by atoms with Gasteiger partial charge in [0.1, 0.15) is 17.1 Å². The lowest BCUT2D eigenvalue weighted by Gasteiger charge is -2.20. The molecule has 0 amide bonds. The van der Waals surface area contributed by atoms with Crippen molar-refractivity contribution in [3.05, 3.63) is 30.1 Å². The van der Waals surface area contributed by atoms with Crippen molar-refractivity contribution in [2.75, 3.05) is 11.5 Å². The Kier molecular flexibility index (Phi) is 4.20. The number of anilines is 1. The largest absolute Gasteiger partial charge is 0.389 e. The molecule has 0 saturated heterocycles. The number of hydrogen-bond acceptors (Lipinski definition) is 6. The maximum absolute atomic E-state index is 12.1. The Morgan fingerprint density at radius 2 is 1.92 bits per heavy atom. The number of pyridine rings is 1. The topological polar surface area (TPSA) is 111 Å². The number of nitrogens with zero attached hydrogens (tertiary/aromatic N) is 3.